The van der Waals surface area contributed by atoms with Gasteiger partial charge in [0.15, 0.2) is 5.96 Å². The summed E-state index contributed by atoms with van der Waals surface area (Å²) in [5.74, 6) is 1.04. The molecule has 3 N–H and O–H groups in total. The molecule has 1 aromatic carbocycles. The third-order valence-electron chi connectivity index (χ3n) is 3.38. The molecular formula is C17H24IN5O4S. The highest BCUT2D eigenvalue weighted by atomic mass is 127. The normalized spacial score (nSPS) is 12.0. The molecule has 0 radical (unpaired) electrons. The number of nitrogens with one attached hydrogen (secondary N) is 2. The molecule has 1 heterocycles. The second kappa shape index (κ2) is 12.5. The zero-order valence-corrected chi connectivity index (χ0v) is 18.8. The van der Waals surface area contributed by atoms with Gasteiger partial charge in [0.2, 0.25) is 0 Å². The minimum absolute atomic E-state index is 0. The third kappa shape index (κ3) is 8.35. The summed E-state index contributed by atoms with van der Waals surface area (Å²) in [6.45, 7) is 5.40. The maximum atomic E-state index is 10.6. The first-order chi connectivity index (χ1) is 13.0. The number of aromatic nitrogens is 1. The first kappa shape index (κ1) is 24.0. The third-order valence-corrected chi connectivity index (χ3v) is 4.28. The predicted octanol–water partition coefficient (Wildman–Crippen LogP) is 2.47. The van der Waals surface area contributed by atoms with Crippen LogP contribution in [0.4, 0.5) is 5.69 Å². The van der Waals surface area contributed by atoms with Crippen LogP contribution in [0.15, 0.2) is 35.5 Å². The lowest BCUT2D eigenvalue weighted by molar-refractivity contribution is -0.384. The molecule has 0 bridgehead atoms. The quantitative estimate of drug-likeness (QED) is 0.152. The Morgan fingerprint density at radius 3 is 2.68 bits per heavy atom. The van der Waals surface area contributed by atoms with Gasteiger partial charge in [-0.15, -0.1) is 35.3 Å². The standard InChI is InChI=1S/C17H23N5O4S.HI/c1-3-18-17(21-10-16-19-8-12(2)27-16)20-9-14(23)11-26-15-6-4-13(5-7-15)22(24)25;/h4-8,14,23H,3,9-11H2,1-2H3,(H2,18,20,21);1H. The van der Waals surface area contributed by atoms with Gasteiger partial charge in [-0.2, -0.15) is 0 Å². The van der Waals surface area contributed by atoms with Crippen molar-refractivity contribution in [3.63, 3.8) is 0 Å². The number of rotatable bonds is 9. The molecule has 0 aliphatic carbocycles. The molecule has 0 saturated heterocycles. The highest BCUT2D eigenvalue weighted by molar-refractivity contribution is 14.0. The van der Waals surface area contributed by atoms with Crippen LogP contribution in [0.3, 0.4) is 0 Å². The number of aryl methyl sites for hydroxylation is 1. The number of non-ortho nitro benzene ring substituents is 1. The maximum absolute atomic E-state index is 10.6. The van der Waals surface area contributed by atoms with E-state index in [1.807, 2.05) is 20.0 Å². The Labute approximate surface area is 184 Å². The first-order valence-electron chi connectivity index (χ1n) is 8.46. The Morgan fingerprint density at radius 2 is 2.11 bits per heavy atom. The summed E-state index contributed by atoms with van der Waals surface area (Å²) < 4.78 is 5.45. The number of aliphatic hydroxyl groups is 1. The van der Waals surface area contributed by atoms with Gasteiger partial charge in [0, 0.05) is 36.3 Å². The minimum atomic E-state index is -0.772. The van der Waals surface area contributed by atoms with Crippen LogP contribution in [-0.2, 0) is 6.54 Å². The smallest absolute Gasteiger partial charge is 0.269 e. The zero-order chi connectivity index (χ0) is 19.6. The van der Waals surface area contributed by atoms with E-state index in [0.29, 0.717) is 24.8 Å². The van der Waals surface area contributed by atoms with Crippen molar-refractivity contribution in [2.24, 2.45) is 4.99 Å². The van der Waals surface area contributed by atoms with E-state index in [1.54, 1.807) is 11.3 Å². The van der Waals surface area contributed by atoms with Gasteiger partial charge in [-0.05, 0) is 26.0 Å². The molecular weight excluding hydrogens is 497 g/mol. The number of hydrogen-bond acceptors (Lipinski definition) is 7. The lowest BCUT2D eigenvalue weighted by Crippen LogP contribution is -2.42. The molecule has 2 rings (SSSR count). The average Bonchev–Trinajstić information content (AvgIpc) is 3.08. The van der Waals surface area contributed by atoms with Crippen LogP contribution in [0.2, 0.25) is 0 Å². The molecule has 28 heavy (non-hydrogen) atoms. The summed E-state index contributed by atoms with van der Waals surface area (Å²) in [6, 6.07) is 5.71. The molecule has 0 aliphatic rings. The van der Waals surface area contributed by atoms with Gasteiger partial charge in [0.05, 0.1) is 11.5 Å². The molecule has 0 aliphatic heterocycles. The summed E-state index contributed by atoms with van der Waals surface area (Å²) in [7, 11) is 0. The Hall–Kier alpha value is -1.99. The largest absolute Gasteiger partial charge is 0.491 e. The molecule has 0 amide bonds. The van der Waals surface area contributed by atoms with E-state index < -0.39 is 11.0 Å². The van der Waals surface area contributed by atoms with E-state index in [-0.39, 0.29) is 42.8 Å². The van der Waals surface area contributed by atoms with Crippen molar-refractivity contribution in [2.75, 3.05) is 19.7 Å². The predicted molar refractivity (Wildman–Crippen MR) is 120 cm³/mol. The van der Waals surface area contributed by atoms with E-state index in [9.17, 15) is 15.2 Å². The van der Waals surface area contributed by atoms with Crippen molar-refractivity contribution in [3.05, 3.63) is 50.5 Å². The van der Waals surface area contributed by atoms with Crippen molar-refractivity contribution in [2.45, 2.75) is 26.5 Å². The number of halogens is 1. The van der Waals surface area contributed by atoms with Crippen LogP contribution in [0, 0.1) is 17.0 Å². The number of ether oxygens (including phenoxy) is 1. The second-order valence-corrected chi connectivity index (χ2v) is 6.98. The summed E-state index contributed by atoms with van der Waals surface area (Å²) in [5.41, 5.74) is -0.00789. The molecule has 154 valence electrons. The van der Waals surface area contributed by atoms with E-state index in [1.165, 1.54) is 24.3 Å². The Kier molecular flexibility index (Phi) is 10.7. The van der Waals surface area contributed by atoms with E-state index >= 15 is 0 Å². The van der Waals surface area contributed by atoms with Gasteiger partial charge in [-0.1, -0.05) is 0 Å². The summed E-state index contributed by atoms with van der Waals surface area (Å²) in [5, 5.41) is 27.8. The molecule has 11 heteroatoms. The number of nitro groups is 1. The van der Waals surface area contributed by atoms with Crippen LogP contribution in [0.1, 0.15) is 16.8 Å². The van der Waals surface area contributed by atoms with E-state index in [4.69, 9.17) is 4.74 Å². The molecule has 2 aromatic rings. The Balaban J connectivity index is 0.00000392. The average molecular weight is 521 g/mol. The van der Waals surface area contributed by atoms with Gasteiger partial charge in [0.25, 0.3) is 5.69 Å². The fourth-order valence-electron chi connectivity index (χ4n) is 2.09. The van der Waals surface area contributed by atoms with Gasteiger partial charge in [-0.25, -0.2) is 9.98 Å². The first-order valence-corrected chi connectivity index (χ1v) is 9.28. The number of hydrogen-bond donors (Lipinski definition) is 3. The molecule has 0 saturated carbocycles. The number of nitrogens with zero attached hydrogens (tertiary/aromatic N) is 3. The summed E-state index contributed by atoms with van der Waals surface area (Å²) in [6.07, 6.45) is 1.04. The maximum Gasteiger partial charge on any atom is 0.269 e. The van der Waals surface area contributed by atoms with E-state index in [0.717, 1.165) is 9.88 Å². The van der Waals surface area contributed by atoms with Crippen molar-refractivity contribution < 1.29 is 14.8 Å². The lowest BCUT2D eigenvalue weighted by Gasteiger charge is -2.15. The molecule has 0 fully saturated rings. The minimum Gasteiger partial charge on any atom is -0.491 e. The molecule has 1 unspecified atom stereocenters. The number of nitro benzene ring substituents is 1. The monoisotopic (exact) mass is 521 g/mol. The SMILES string of the molecule is CCNC(=NCc1ncc(C)s1)NCC(O)COc1ccc([N+](=O)[O-])cc1.I. The van der Waals surface area contributed by atoms with Crippen LogP contribution < -0.4 is 15.4 Å². The van der Waals surface area contributed by atoms with Gasteiger partial charge < -0.3 is 20.5 Å². The summed E-state index contributed by atoms with van der Waals surface area (Å²) >= 11 is 1.60. The van der Waals surface area contributed by atoms with Gasteiger partial charge >= 0.3 is 0 Å². The fourth-order valence-corrected chi connectivity index (χ4v) is 2.80. The molecule has 9 nitrogen and oxygen atoms in total. The highest BCUT2D eigenvalue weighted by Crippen LogP contribution is 2.17. The highest BCUT2D eigenvalue weighted by Gasteiger charge is 2.09. The Morgan fingerprint density at radius 1 is 1.39 bits per heavy atom. The topological polar surface area (TPSA) is 122 Å². The van der Waals surface area contributed by atoms with Gasteiger partial charge in [0.1, 0.15) is 23.5 Å². The zero-order valence-electron chi connectivity index (χ0n) is 15.6. The van der Waals surface area contributed by atoms with Crippen LogP contribution in [0.25, 0.3) is 0 Å². The number of guanidine groups is 1. The Bertz CT molecular complexity index is 769. The molecule has 1 atom stereocenters. The summed E-state index contributed by atoms with van der Waals surface area (Å²) in [4.78, 5) is 20.0. The van der Waals surface area contributed by atoms with Crippen LogP contribution in [-0.4, -0.2) is 46.8 Å². The van der Waals surface area contributed by atoms with Crippen molar-refractivity contribution in [3.8, 4) is 5.75 Å². The fraction of sp³-hybridized carbons (Fsp3) is 0.412. The van der Waals surface area contributed by atoms with E-state index in [2.05, 4.69) is 20.6 Å². The number of thiazole rings is 1. The molecule has 0 spiro atoms. The van der Waals surface area contributed by atoms with Gasteiger partial charge in [-0.3, -0.25) is 10.1 Å². The number of benzene rings is 1. The van der Waals surface area contributed by atoms with Crippen molar-refractivity contribution >= 4 is 47.0 Å². The van der Waals surface area contributed by atoms with Crippen LogP contribution >= 0.6 is 35.3 Å². The second-order valence-electron chi connectivity index (χ2n) is 5.66. The number of aliphatic hydroxyl groups excluding tert-OH is 1. The van der Waals surface area contributed by atoms with Crippen molar-refractivity contribution in [1.82, 2.24) is 15.6 Å². The van der Waals surface area contributed by atoms with Crippen molar-refractivity contribution in [1.29, 1.82) is 0 Å². The van der Waals surface area contributed by atoms with Crippen LogP contribution in [0.5, 0.6) is 5.75 Å². The lowest BCUT2D eigenvalue weighted by atomic mass is 10.3. The number of aliphatic imine (C=N–C) groups is 1. The molecule has 1 aromatic heterocycles.